The Morgan fingerprint density at radius 1 is 1.30 bits per heavy atom. The largest absolute Gasteiger partial charge is 0.460 e. The zero-order valence-corrected chi connectivity index (χ0v) is 14.6. The molecule has 23 heavy (non-hydrogen) atoms. The van der Waals surface area contributed by atoms with Crippen LogP contribution >= 0.6 is 0 Å². The molecular weight excluding hydrogens is 296 g/mol. The third kappa shape index (κ3) is 4.62. The molecule has 1 unspecified atom stereocenters. The molecule has 0 spiro atoms. The Morgan fingerprint density at radius 2 is 2.00 bits per heavy atom. The highest BCUT2D eigenvalue weighted by atomic mass is 16.6. The first-order valence-electron chi connectivity index (χ1n) is 8.70. The van der Waals surface area contributed by atoms with E-state index < -0.39 is 5.97 Å². The quantitative estimate of drug-likeness (QED) is 0.563. The van der Waals surface area contributed by atoms with Gasteiger partial charge in [0, 0.05) is 11.5 Å². The monoisotopic (exact) mass is 324 g/mol. The molecule has 0 N–H and O–H groups in total. The number of hydrogen-bond acceptors (Lipinski definition) is 6. The maximum atomic E-state index is 11.9. The zero-order valence-electron chi connectivity index (χ0n) is 14.6. The van der Waals surface area contributed by atoms with Gasteiger partial charge in [0.15, 0.2) is 0 Å². The van der Waals surface area contributed by atoms with Gasteiger partial charge in [-0.15, -0.1) is 0 Å². The van der Waals surface area contributed by atoms with Crippen LogP contribution in [0.25, 0.3) is 0 Å². The van der Waals surface area contributed by atoms with Gasteiger partial charge in [-0.05, 0) is 26.2 Å². The molecule has 1 heterocycles. The van der Waals surface area contributed by atoms with Gasteiger partial charge in [0.25, 0.3) is 0 Å². The number of nitroso groups, excluding NO2 is 1. The molecule has 1 aliphatic carbocycles. The Labute approximate surface area is 137 Å². The molecule has 0 amide bonds. The summed E-state index contributed by atoms with van der Waals surface area (Å²) in [6.07, 6.45) is 5.26. The van der Waals surface area contributed by atoms with Crippen molar-refractivity contribution in [3.8, 4) is 0 Å². The molecule has 1 saturated carbocycles. The van der Waals surface area contributed by atoms with Crippen LogP contribution in [0.4, 0.5) is 0 Å². The van der Waals surface area contributed by atoms with Crippen LogP contribution in [0.2, 0.25) is 0 Å². The highest BCUT2D eigenvalue weighted by Gasteiger charge is 2.34. The van der Waals surface area contributed by atoms with Gasteiger partial charge in [-0.1, -0.05) is 50.4 Å². The Hall–Kier alpha value is -1.72. The second kappa shape index (κ2) is 10.1. The van der Waals surface area contributed by atoms with Crippen LogP contribution in [0.5, 0.6) is 0 Å². The van der Waals surface area contributed by atoms with Gasteiger partial charge in [0.1, 0.15) is 6.04 Å². The van der Waals surface area contributed by atoms with E-state index >= 15 is 0 Å². The van der Waals surface area contributed by atoms with Crippen LogP contribution < -0.4 is 0 Å². The fourth-order valence-corrected chi connectivity index (χ4v) is 3.02. The van der Waals surface area contributed by atoms with Crippen LogP contribution in [0, 0.1) is 4.91 Å². The van der Waals surface area contributed by atoms with Crippen LogP contribution in [-0.4, -0.2) is 23.8 Å². The number of carbonyl (C=O) groups is 1. The first kappa shape index (κ1) is 19.3. The van der Waals surface area contributed by atoms with E-state index in [1.165, 1.54) is 0 Å². The van der Waals surface area contributed by atoms with Crippen molar-refractivity contribution in [1.29, 1.82) is 0 Å². The third-order valence-electron chi connectivity index (χ3n) is 4.00. The van der Waals surface area contributed by atoms with Crippen molar-refractivity contribution in [2.45, 2.75) is 78.2 Å². The number of ether oxygens (including phenoxy) is 1. The molecule has 130 valence electrons. The summed E-state index contributed by atoms with van der Waals surface area (Å²) in [5.74, 6) is -0.334. The lowest BCUT2D eigenvalue weighted by Crippen LogP contribution is -2.22. The van der Waals surface area contributed by atoms with Crippen molar-refractivity contribution in [3.63, 3.8) is 0 Å². The standard InChI is InChI=1S/C15H22N2O4.C2H6/c1-3-7-11-13(10-8-5-6-9-12(10)16-19)17-21-14(11)15(18)20-4-2;1-2/h10,12H,3-9H2,1-2H3;1-2H3/t10-,12?;/m0./s1. The van der Waals surface area contributed by atoms with Crippen LogP contribution in [0.15, 0.2) is 9.70 Å². The van der Waals surface area contributed by atoms with Gasteiger partial charge in [0.05, 0.1) is 12.3 Å². The van der Waals surface area contributed by atoms with E-state index in [-0.39, 0.29) is 17.7 Å². The number of rotatable bonds is 6. The van der Waals surface area contributed by atoms with E-state index in [4.69, 9.17) is 9.26 Å². The van der Waals surface area contributed by atoms with E-state index in [2.05, 4.69) is 10.3 Å². The second-order valence-corrected chi connectivity index (χ2v) is 5.41. The lowest BCUT2D eigenvalue weighted by atomic mass is 9.81. The van der Waals surface area contributed by atoms with Gasteiger partial charge in [-0.3, -0.25) is 0 Å². The van der Waals surface area contributed by atoms with Crippen molar-refractivity contribution in [1.82, 2.24) is 5.16 Å². The molecule has 6 nitrogen and oxygen atoms in total. The summed E-state index contributed by atoms with van der Waals surface area (Å²) in [6, 6.07) is -0.269. The molecule has 0 aromatic carbocycles. The summed E-state index contributed by atoms with van der Waals surface area (Å²) >= 11 is 0. The Kier molecular flexibility index (Phi) is 8.51. The van der Waals surface area contributed by atoms with Crippen molar-refractivity contribution < 1.29 is 14.1 Å². The Morgan fingerprint density at radius 3 is 2.61 bits per heavy atom. The highest BCUT2D eigenvalue weighted by molar-refractivity contribution is 5.88. The minimum atomic E-state index is -0.480. The van der Waals surface area contributed by atoms with Crippen molar-refractivity contribution >= 4 is 5.97 Å². The summed E-state index contributed by atoms with van der Waals surface area (Å²) in [5.41, 5.74) is 1.51. The minimum Gasteiger partial charge on any atom is -0.460 e. The number of carbonyl (C=O) groups excluding carboxylic acids is 1. The average Bonchev–Trinajstić information content (AvgIpc) is 3.01. The zero-order chi connectivity index (χ0) is 17.2. The van der Waals surface area contributed by atoms with E-state index in [1.54, 1.807) is 6.92 Å². The average molecular weight is 324 g/mol. The maximum absolute atomic E-state index is 11.9. The Bertz CT molecular complexity index is 499. The molecule has 1 fully saturated rings. The fourth-order valence-electron chi connectivity index (χ4n) is 3.02. The molecule has 1 aliphatic rings. The fraction of sp³-hybridized carbons (Fsp3) is 0.765. The van der Waals surface area contributed by atoms with Crippen molar-refractivity contribution in [3.05, 3.63) is 21.9 Å². The topological polar surface area (TPSA) is 81.8 Å². The summed E-state index contributed by atoms with van der Waals surface area (Å²) in [5, 5.41) is 7.33. The van der Waals surface area contributed by atoms with Gasteiger partial charge < -0.3 is 9.26 Å². The number of hydrogen-bond donors (Lipinski definition) is 0. The van der Waals surface area contributed by atoms with Crippen molar-refractivity contribution in [2.24, 2.45) is 5.18 Å². The summed E-state index contributed by atoms with van der Waals surface area (Å²) in [4.78, 5) is 23.0. The predicted molar refractivity (Wildman–Crippen MR) is 88.6 cm³/mol. The normalized spacial score (nSPS) is 20.3. The molecule has 2 rings (SSSR count). The van der Waals surface area contributed by atoms with E-state index in [0.717, 1.165) is 43.4 Å². The van der Waals surface area contributed by atoms with Crippen LogP contribution in [-0.2, 0) is 11.2 Å². The molecule has 0 saturated heterocycles. The molecule has 0 bridgehead atoms. The minimum absolute atomic E-state index is 0.0373. The first-order chi connectivity index (χ1) is 11.2. The molecule has 0 radical (unpaired) electrons. The molecule has 0 aliphatic heterocycles. The number of nitrogens with zero attached hydrogens (tertiary/aromatic N) is 2. The van der Waals surface area contributed by atoms with Gasteiger partial charge in [0.2, 0.25) is 5.76 Å². The second-order valence-electron chi connectivity index (χ2n) is 5.41. The maximum Gasteiger partial charge on any atom is 0.377 e. The molecule has 6 heteroatoms. The van der Waals surface area contributed by atoms with Gasteiger partial charge in [-0.2, -0.15) is 4.91 Å². The van der Waals surface area contributed by atoms with Gasteiger partial charge in [-0.25, -0.2) is 4.79 Å². The summed E-state index contributed by atoms with van der Waals surface area (Å²) in [7, 11) is 0. The molecule has 2 atom stereocenters. The van der Waals surface area contributed by atoms with Crippen LogP contribution in [0.1, 0.15) is 87.5 Å². The lowest BCUT2D eigenvalue weighted by Gasteiger charge is -2.25. The number of esters is 1. The van der Waals surface area contributed by atoms with E-state index in [1.807, 2.05) is 20.8 Å². The lowest BCUT2D eigenvalue weighted by molar-refractivity contribution is 0.0478. The molecule has 1 aromatic heterocycles. The third-order valence-corrected chi connectivity index (χ3v) is 4.00. The summed E-state index contributed by atoms with van der Waals surface area (Å²) < 4.78 is 10.3. The smallest absolute Gasteiger partial charge is 0.377 e. The van der Waals surface area contributed by atoms with Crippen LogP contribution in [0.3, 0.4) is 0 Å². The number of aromatic nitrogens is 1. The predicted octanol–water partition coefficient (Wildman–Crippen LogP) is 4.62. The SMILES string of the molecule is CC.CCCc1c([C@H]2CCCCC2N=O)noc1C(=O)OCC. The molecule has 1 aromatic rings. The summed E-state index contributed by atoms with van der Waals surface area (Å²) in [6.45, 7) is 8.08. The Balaban J connectivity index is 0.00000127. The highest BCUT2D eigenvalue weighted by Crippen LogP contribution is 2.37. The van der Waals surface area contributed by atoms with E-state index in [9.17, 15) is 9.70 Å². The first-order valence-corrected chi connectivity index (χ1v) is 8.70. The van der Waals surface area contributed by atoms with E-state index in [0.29, 0.717) is 13.0 Å². The van der Waals surface area contributed by atoms with Crippen molar-refractivity contribution in [2.75, 3.05) is 6.61 Å². The van der Waals surface area contributed by atoms with Gasteiger partial charge >= 0.3 is 5.97 Å². The molecular formula is C17H28N2O4.